The summed E-state index contributed by atoms with van der Waals surface area (Å²) in [5.74, 6) is 0.400. The number of fused-ring (bicyclic) bond motifs is 1. The number of nitrogens with one attached hydrogen (secondary N) is 2. The zero-order valence-corrected chi connectivity index (χ0v) is 19.0. The summed E-state index contributed by atoms with van der Waals surface area (Å²) in [5, 5.41) is 6.14. The fourth-order valence-electron chi connectivity index (χ4n) is 3.98. The first kappa shape index (κ1) is 21.9. The largest absolute Gasteiger partial charge is 0.348 e. The number of benzene rings is 3. The first-order chi connectivity index (χ1) is 16.6. The van der Waals surface area contributed by atoms with Crippen molar-refractivity contribution in [3.05, 3.63) is 101 Å². The smallest absolute Gasteiger partial charge is 0.326 e. The Kier molecular flexibility index (Phi) is 6.14. The van der Waals surface area contributed by atoms with Crippen molar-refractivity contribution in [2.24, 2.45) is 4.99 Å². The van der Waals surface area contributed by atoms with Gasteiger partial charge in [-0.05, 0) is 29.8 Å². The average Bonchev–Trinajstić information content (AvgIpc) is 3.47. The second kappa shape index (κ2) is 9.52. The molecule has 0 spiro atoms. The summed E-state index contributed by atoms with van der Waals surface area (Å²) >= 11 is 1.77. The minimum absolute atomic E-state index is 0.0476. The Hall–Kier alpha value is -3.91. The summed E-state index contributed by atoms with van der Waals surface area (Å²) in [5.41, 5.74) is 2.94. The lowest BCUT2D eigenvalue weighted by atomic mass is 10.0. The van der Waals surface area contributed by atoms with Gasteiger partial charge in [0.25, 0.3) is 5.91 Å². The van der Waals surface area contributed by atoms with E-state index >= 15 is 0 Å². The van der Waals surface area contributed by atoms with Crippen molar-refractivity contribution in [3.8, 4) is 0 Å². The number of nitrogens with zero attached hydrogens (tertiary/aromatic N) is 2. The van der Waals surface area contributed by atoms with Gasteiger partial charge >= 0.3 is 6.03 Å². The van der Waals surface area contributed by atoms with E-state index in [4.69, 9.17) is 4.99 Å². The first-order valence-electron chi connectivity index (χ1n) is 10.9. The predicted octanol–water partition coefficient (Wildman–Crippen LogP) is 4.34. The normalized spacial score (nSPS) is 16.5. The summed E-state index contributed by atoms with van der Waals surface area (Å²) in [6, 6.07) is 22.1. The Labute approximate surface area is 201 Å². The van der Waals surface area contributed by atoms with Crippen molar-refractivity contribution in [3.63, 3.8) is 0 Å². The molecule has 0 aliphatic carbocycles. The van der Waals surface area contributed by atoms with Gasteiger partial charge in [0.2, 0.25) is 0 Å². The van der Waals surface area contributed by atoms with Crippen LogP contribution in [0.2, 0.25) is 0 Å². The first-order valence-corrected chi connectivity index (χ1v) is 11.9. The van der Waals surface area contributed by atoms with Crippen molar-refractivity contribution in [1.29, 1.82) is 0 Å². The molecule has 2 N–H and O–H groups in total. The van der Waals surface area contributed by atoms with Crippen LogP contribution in [0.25, 0.3) is 0 Å². The van der Waals surface area contributed by atoms with Crippen LogP contribution < -0.4 is 10.6 Å². The lowest BCUT2D eigenvalue weighted by Gasteiger charge is -2.14. The van der Waals surface area contributed by atoms with E-state index in [0.29, 0.717) is 16.8 Å². The maximum atomic E-state index is 12.5. The van der Waals surface area contributed by atoms with Gasteiger partial charge in [0, 0.05) is 41.2 Å². The quantitative estimate of drug-likeness (QED) is 0.542. The molecule has 2 heterocycles. The van der Waals surface area contributed by atoms with Crippen LogP contribution >= 0.6 is 11.8 Å². The van der Waals surface area contributed by atoms with Gasteiger partial charge in [-0.3, -0.25) is 19.9 Å². The molecule has 3 aromatic carbocycles. The van der Waals surface area contributed by atoms with Gasteiger partial charge < -0.3 is 10.2 Å². The molecule has 2 aliphatic heterocycles. The number of hydrogen-bond acceptors (Lipinski definition) is 6. The van der Waals surface area contributed by atoms with Crippen LogP contribution in [0.5, 0.6) is 0 Å². The molecule has 34 heavy (non-hydrogen) atoms. The molecule has 1 atom stereocenters. The van der Waals surface area contributed by atoms with Gasteiger partial charge in [-0.15, -0.1) is 0 Å². The number of carbonyl (C=O) groups is 3. The second-order valence-corrected chi connectivity index (χ2v) is 9.09. The fourth-order valence-corrected chi connectivity index (χ4v) is 5.02. The van der Waals surface area contributed by atoms with Gasteiger partial charge in [-0.2, -0.15) is 0 Å². The van der Waals surface area contributed by atoms with Gasteiger partial charge in [-0.1, -0.05) is 66.4 Å². The van der Waals surface area contributed by atoms with Gasteiger partial charge in [0.15, 0.2) is 11.0 Å². The van der Waals surface area contributed by atoms with E-state index in [-0.39, 0.29) is 17.4 Å². The lowest BCUT2D eigenvalue weighted by molar-refractivity contribution is 0.0965. The van der Waals surface area contributed by atoms with Gasteiger partial charge in [0.05, 0.1) is 6.04 Å². The Morgan fingerprint density at radius 3 is 2.38 bits per heavy atom. The molecule has 0 unspecified atom stereocenters. The molecule has 0 bridgehead atoms. The highest BCUT2D eigenvalue weighted by Gasteiger charge is 2.30. The van der Waals surface area contributed by atoms with E-state index in [1.165, 1.54) is 12.1 Å². The SMILES string of the molecule is O=C(NC(=O)c1ccc(C(=O)c2ccccc2)cc1)Nc1cccc([C@H]2CN3CCSC3=N2)c1. The summed E-state index contributed by atoms with van der Waals surface area (Å²) in [6.45, 7) is 1.86. The third-order valence-corrected chi connectivity index (χ3v) is 6.73. The van der Waals surface area contributed by atoms with Crippen LogP contribution in [0, 0.1) is 0 Å². The number of aliphatic imine (C=N–C) groups is 1. The Morgan fingerprint density at radius 2 is 1.62 bits per heavy atom. The maximum absolute atomic E-state index is 12.5. The van der Waals surface area contributed by atoms with Crippen LogP contribution in [0.4, 0.5) is 10.5 Å². The van der Waals surface area contributed by atoms with E-state index < -0.39 is 11.9 Å². The minimum Gasteiger partial charge on any atom is -0.348 e. The summed E-state index contributed by atoms with van der Waals surface area (Å²) in [6.07, 6.45) is 0. The Balaban J connectivity index is 1.19. The molecule has 3 amide bonds. The molecule has 3 aromatic rings. The van der Waals surface area contributed by atoms with E-state index in [2.05, 4.69) is 15.5 Å². The van der Waals surface area contributed by atoms with Gasteiger partial charge in [0.1, 0.15) is 0 Å². The van der Waals surface area contributed by atoms with Crippen LogP contribution in [-0.4, -0.2) is 46.6 Å². The fraction of sp³-hybridized carbons (Fsp3) is 0.154. The third kappa shape index (κ3) is 4.72. The topological polar surface area (TPSA) is 90.9 Å². The summed E-state index contributed by atoms with van der Waals surface area (Å²) < 4.78 is 0. The average molecular weight is 471 g/mol. The lowest BCUT2D eigenvalue weighted by Crippen LogP contribution is -2.34. The second-order valence-electron chi connectivity index (χ2n) is 8.03. The molecular weight excluding hydrogens is 448 g/mol. The van der Waals surface area contributed by atoms with E-state index in [1.807, 2.05) is 24.3 Å². The predicted molar refractivity (Wildman–Crippen MR) is 133 cm³/mol. The van der Waals surface area contributed by atoms with Crippen molar-refractivity contribution < 1.29 is 14.4 Å². The zero-order chi connectivity index (χ0) is 23.5. The molecule has 5 rings (SSSR count). The van der Waals surface area contributed by atoms with E-state index in [0.717, 1.165) is 29.6 Å². The molecule has 0 saturated carbocycles. The number of urea groups is 1. The van der Waals surface area contributed by atoms with Crippen LogP contribution in [-0.2, 0) is 0 Å². The van der Waals surface area contributed by atoms with Crippen molar-refractivity contribution in [1.82, 2.24) is 10.2 Å². The Bertz CT molecular complexity index is 1270. The highest BCUT2D eigenvalue weighted by molar-refractivity contribution is 8.14. The third-order valence-electron chi connectivity index (χ3n) is 5.72. The van der Waals surface area contributed by atoms with E-state index in [1.54, 1.807) is 54.2 Å². The number of rotatable bonds is 5. The highest BCUT2D eigenvalue weighted by atomic mass is 32.2. The maximum Gasteiger partial charge on any atom is 0.326 e. The van der Waals surface area contributed by atoms with Crippen LogP contribution in [0.3, 0.4) is 0 Å². The number of thioether (sulfide) groups is 1. The molecule has 0 aromatic heterocycles. The standard InChI is InChI=1S/C26H22N4O3S/c31-23(17-5-2-1-3-6-17)18-9-11-19(12-10-18)24(32)29-25(33)27-21-8-4-7-20(15-21)22-16-30-13-14-34-26(30)28-22/h1-12,15,22H,13-14,16H2,(H2,27,29,32,33)/t22-/m1/s1. The number of ketones is 1. The summed E-state index contributed by atoms with van der Waals surface area (Å²) in [4.78, 5) is 44.5. The number of imide groups is 1. The molecule has 8 heteroatoms. The van der Waals surface area contributed by atoms with Crippen molar-refractivity contribution in [2.75, 3.05) is 24.2 Å². The minimum atomic E-state index is -0.625. The zero-order valence-electron chi connectivity index (χ0n) is 18.2. The molecule has 1 fully saturated rings. The highest BCUT2D eigenvalue weighted by Crippen LogP contribution is 2.33. The number of amidine groups is 1. The van der Waals surface area contributed by atoms with Crippen molar-refractivity contribution >= 4 is 40.3 Å². The molecule has 170 valence electrons. The number of anilines is 1. The molecule has 0 radical (unpaired) electrons. The van der Waals surface area contributed by atoms with Gasteiger partial charge in [-0.25, -0.2) is 4.79 Å². The Morgan fingerprint density at radius 1 is 0.882 bits per heavy atom. The number of amides is 3. The monoisotopic (exact) mass is 470 g/mol. The van der Waals surface area contributed by atoms with Crippen LogP contribution in [0.15, 0.2) is 83.9 Å². The van der Waals surface area contributed by atoms with Crippen LogP contribution in [0.1, 0.15) is 37.9 Å². The number of carbonyl (C=O) groups excluding carboxylic acids is 3. The van der Waals surface area contributed by atoms with E-state index in [9.17, 15) is 14.4 Å². The molecule has 1 saturated heterocycles. The van der Waals surface area contributed by atoms with Crippen molar-refractivity contribution in [2.45, 2.75) is 6.04 Å². The number of hydrogen-bond donors (Lipinski definition) is 2. The molecule has 7 nitrogen and oxygen atoms in total. The summed E-state index contributed by atoms with van der Waals surface area (Å²) in [7, 11) is 0. The molecular formula is C26H22N4O3S. The molecule has 2 aliphatic rings.